The van der Waals surface area contributed by atoms with Gasteiger partial charge in [-0.05, 0) is 59.2 Å². The van der Waals surface area contributed by atoms with Gasteiger partial charge in [-0.3, -0.25) is 14.4 Å². The van der Waals surface area contributed by atoms with Crippen LogP contribution in [-0.4, -0.2) is 64.8 Å². The molecule has 1 atom stereocenters. The third kappa shape index (κ3) is 35.5. The summed E-state index contributed by atoms with van der Waals surface area (Å²) in [5.74, 6) is -3.50. The normalized spacial score (nSPS) is 8.97. The summed E-state index contributed by atoms with van der Waals surface area (Å²) < 4.78 is 9.24. The average molecular weight is 557 g/mol. The first-order valence-electron chi connectivity index (χ1n) is 10.2. The molecule has 0 radical (unpaired) electrons. The second-order valence-corrected chi connectivity index (χ2v) is 6.88. The number of phenolic OH excluding ortho intramolecular Hbond substituents is 1. The first kappa shape index (κ1) is 44.3. The monoisotopic (exact) mass is 556 g/mol. The van der Waals surface area contributed by atoms with Gasteiger partial charge in [0.15, 0.2) is 11.2 Å². The summed E-state index contributed by atoms with van der Waals surface area (Å²) in [6.07, 6.45) is 0.722. The Kier molecular flexibility index (Phi) is 33.3. The second-order valence-electron chi connectivity index (χ2n) is 6.44. The molecule has 11 nitrogen and oxygen atoms in total. The predicted molar refractivity (Wildman–Crippen MR) is 131 cm³/mol. The van der Waals surface area contributed by atoms with Crippen molar-refractivity contribution in [3.63, 3.8) is 0 Å². The Hall–Kier alpha value is -2.73. The van der Waals surface area contributed by atoms with Crippen molar-refractivity contribution in [2.45, 2.75) is 53.8 Å². The number of halogens is 1. The zero-order chi connectivity index (χ0) is 29.4. The molecular weight excluding hydrogens is 523 g/mol. The van der Waals surface area contributed by atoms with E-state index in [4.69, 9.17) is 36.1 Å². The predicted octanol–water partition coefficient (Wildman–Crippen LogP) is -0.764. The van der Waals surface area contributed by atoms with Crippen molar-refractivity contribution in [1.82, 2.24) is 0 Å². The molecule has 1 aromatic carbocycles. The molecular formula is C24H34ClNaO11. The fraction of sp³-hybridized carbons (Fsp3) is 0.417. The minimum Gasteiger partial charge on any atom is -0.550 e. The summed E-state index contributed by atoms with van der Waals surface area (Å²) >= 11 is 5.32. The van der Waals surface area contributed by atoms with E-state index in [9.17, 15) is 24.3 Å². The van der Waals surface area contributed by atoms with Crippen LogP contribution in [0.3, 0.4) is 0 Å². The van der Waals surface area contributed by atoms with Crippen molar-refractivity contribution in [2.24, 2.45) is 0 Å². The van der Waals surface area contributed by atoms with E-state index in [0.717, 1.165) is 25.7 Å². The van der Waals surface area contributed by atoms with Crippen LogP contribution in [0.1, 0.15) is 57.5 Å². The number of carboxylic acids is 2. The minimum atomic E-state index is -1.14. The quantitative estimate of drug-likeness (QED) is 0.112. The van der Waals surface area contributed by atoms with Crippen molar-refractivity contribution >= 4 is 47.5 Å². The Balaban J connectivity index is -0.000000126. The zero-order valence-corrected chi connectivity index (χ0v) is 25.2. The van der Waals surface area contributed by atoms with Crippen LogP contribution in [0.4, 0.5) is 0 Å². The molecule has 0 saturated carbocycles. The molecule has 13 heteroatoms. The Labute approximate surface area is 244 Å². The fourth-order valence-electron chi connectivity index (χ4n) is 1.40. The van der Waals surface area contributed by atoms with Crippen molar-refractivity contribution in [1.29, 1.82) is 0 Å². The Morgan fingerprint density at radius 2 is 1.43 bits per heavy atom. The maximum Gasteiger partial charge on any atom is 1.00 e. The first-order valence-corrected chi connectivity index (χ1v) is 10.7. The summed E-state index contributed by atoms with van der Waals surface area (Å²) in [5.41, 5.74) is 1.72. The molecule has 0 aliphatic carbocycles. The molecule has 0 aromatic heterocycles. The fourth-order valence-corrected chi connectivity index (χ4v) is 1.47. The SMILES string of the molecule is C=C(C)C=O.CC(=O)O.CC(=O)[O-].CCOC(=O)C(Cl)C(C)=O.CCOC(=O)c1cc(C)ccc1O.[Na+]. The van der Waals surface area contributed by atoms with E-state index in [1.165, 1.54) is 13.0 Å². The van der Waals surface area contributed by atoms with Crippen LogP contribution in [-0.2, 0) is 33.4 Å². The van der Waals surface area contributed by atoms with E-state index in [2.05, 4.69) is 11.3 Å². The molecule has 1 aromatic rings. The molecule has 0 fully saturated rings. The van der Waals surface area contributed by atoms with E-state index in [-0.39, 0.29) is 53.3 Å². The van der Waals surface area contributed by atoms with Gasteiger partial charge in [0, 0.05) is 12.9 Å². The van der Waals surface area contributed by atoms with E-state index >= 15 is 0 Å². The van der Waals surface area contributed by atoms with Gasteiger partial charge in [0.05, 0.1) is 13.2 Å². The van der Waals surface area contributed by atoms with E-state index < -0.39 is 29.3 Å². The number of phenols is 1. The van der Waals surface area contributed by atoms with Gasteiger partial charge < -0.3 is 29.6 Å². The number of aryl methyl sites for hydroxylation is 1. The minimum absolute atomic E-state index is 0. The number of aromatic hydroxyl groups is 1. The Bertz CT molecular complexity index is 850. The molecule has 0 heterocycles. The third-order valence-electron chi connectivity index (χ3n) is 2.70. The Morgan fingerprint density at radius 1 is 1.05 bits per heavy atom. The molecule has 37 heavy (non-hydrogen) atoms. The van der Waals surface area contributed by atoms with E-state index in [1.54, 1.807) is 32.9 Å². The topological polar surface area (TPSA) is 184 Å². The van der Waals surface area contributed by atoms with Gasteiger partial charge in [0.25, 0.3) is 5.97 Å². The number of Topliss-reactive ketones (excluding diaryl/α,β-unsaturated/α-hetero) is 1. The molecule has 0 bridgehead atoms. The van der Waals surface area contributed by atoms with Gasteiger partial charge in [0.2, 0.25) is 0 Å². The van der Waals surface area contributed by atoms with Crippen molar-refractivity contribution < 1.29 is 83.1 Å². The van der Waals surface area contributed by atoms with Crippen LogP contribution in [0, 0.1) is 6.92 Å². The number of allylic oxidation sites excluding steroid dienone is 1. The molecule has 2 N–H and O–H groups in total. The molecule has 0 aliphatic heterocycles. The number of esters is 2. The van der Waals surface area contributed by atoms with Gasteiger partial charge in [-0.1, -0.05) is 18.2 Å². The molecule has 1 rings (SSSR count). The number of ether oxygens (including phenoxy) is 2. The van der Waals surface area contributed by atoms with Crippen LogP contribution < -0.4 is 34.7 Å². The smallest absolute Gasteiger partial charge is 0.550 e. The standard InChI is InChI=1S/C10H12O3.C6H9ClO3.C4H6O.2C2H4O2.Na/c1-3-13-10(12)8-6-7(2)4-5-9(8)11;1-3-10-6(9)5(7)4(2)8;1-4(2)3-5;2*1-2(3)4;/h4-6,11H,3H2,1-2H3;5H,3H2,1-2H3;3H,1H2,2H3;2*1H3,(H,3,4);/q;;;;;+1/p-1. The maximum atomic E-state index is 11.2. The largest absolute Gasteiger partial charge is 1.00 e. The summed E-state index contributed by atoms with van der Waals surface area (Å²) in [5, 5.41) is 24.5. The molecule has 1 unspecified atom stereocenters. The molecule has 0 spiro atoms. The maximum absolute atomic E-state index is 11.2. The van der Waals surface area contributed by atoms with Crippen molar-refractivity contribution in [3.05, 3.63) is 41.5 Å². The van der Waals surface area contributed by atoms with Crippen molar-refractivity contribution in [3.8, 4) is 5.75 Å². The van der Waals surface area contributed by atoms with Gasteiger partial charge in [-0.2, -0.15) is 0 Å². The average Bonchev–Trinajstić information content (AvgIpc) is 2.75. The van der Waals surface area contributed by atoms with E-state index in [1.807, 2.05) is 6.92 Å². The first-order chi connectivity index (χ1) is 16.5. The summed E-state index contributed by atoms with van der Waals surface area (Å²) in [7, 11) is 0. The van der Waals surface area contributed by atoms with Gasteiger partial charge in [-0.25, -0.2) is 9.59 Å². The van der Waals surface area contributed by atoms with Crippen LogP contribution in [0.25, 0.3) is 0 Å². The number of benzene rings is 1. The van der Waals surface area contributed by atoms with Gasteiger partial charge >= 0.3 is 41.5 Å². The summed E-state index contributed by atoms with van der Waals surface area (Å²) in [6.45, 7) is 14.1. The van der Waals surface area contributed by atoms with Crippen molar-refractivity contribution in [2.75, 3.05) is 13.2 Å². The van der Waals surface area contributed by atoms with Gasteiger partial charge in [-0.15, -0.1) is 11.6 Å². The number of aliphatic carboxylic acids is 2. The van der Waals surface area contributed by atoms with E-state index in [0.29, 0.717) is 12.2 Å². The molecule has 0 saturated heterocycles. The number of carbonyl (C=O) groups excluding carboxylic acids is 5. The second kappa shape index (κ2) is 27.9. The van der Waals surface area contributed by atoms with Crippen LogP contribution in [0.15, 0.2) is 30.4 Å². The number of hydrogen-bond donors (Lipinski definition) is 2. The molecule has 0 aliphatic rings. The zero-order valence-electron chi connectivity index (χ0n) is 22.5. The number of aldehydes is 1. The summed E-state index contributed by atoms with van der Waals surface area (Å²) in [6, 6.07) is 4.83. The number of hydrogen-bond acceptors (Lipinski definition) is 10. The number of alkyl halides is 1. The number of ketones is 1. The summed E-state index contributed by atoms with van der Waals surface area (Å²) in [4.78, 5) is 59.6. The van der Waals surface area contributed by atoms with Gasteiger partial charge in [0.1, 0.15) is 17.6 Å². The third-order valence-corrected chi connectivity index (χ3v) is 3.18. The number of carboxylic acid groups (broad SMARTS) is 2. The number of carbonyl (C=O) groups is 6. The molecule has 0 amide bonds. The Morgan fingerprint density at radius 3 is 1.73 bits per heavy atom. The van der Waals surface area contributed by atoms with Crippen LogP contribution in [0.2, 0.25) is 0 Å². The van der Waals surface area contributed by atoms with Crippen LogP contribution >= 0.6 is 11.6 Å². The molecule has 204 valence electrons. The number of rotatable bonds is 6. The van der Waals surface area contributed by atoms with Crippen LogP contribution in [0.5, 0.6) is 5.75 Å².